The molecule has 5 nitrogen and oxygen atoms in total. The second-order valence-corrected chi connectivity index (χ2v) is 5.80. The molecule has 1 N–H and O–H groups in total. The van der Waals surface area contributed by atoms with Gasteiger partial charge in [0.25, 0.3) is 0 Å². The molecule has 0 aliphatic carbocycles. The summed E-state index contributed by atoms with van der Waals surface area (Å²) in [4.78, 5) is 24.9. The van der Waals surface area contributed by atoms with E-state index >= 15 is 0 Å². The van der Waals surface area contributed by atoms with Crippen molar-refractivity contribution in [1.29, 1.82) is 0 Å². The van der Waals surface area contributed by atoms with Crippen molar-refractivity contribution >= 4 is 11.9 Å². The second-order valence-electron chi connectivity index (χ2n) is 5.80. The van der Waals surface area contributed by atoms with Crippen LogP contribution in [-0.4, -0.2) is 28.4 Å². The number of benzene rings is 2. The van der Waals surface area contributed by atoms with Gasteiger partial charge in [0.05, 0.1) is 0 Å². The van der Waals surface area contributed by atoms with E-state index in [-0.39, 0.29) is 5.91 Å². The zero-order chi connectivity index (χ0) is 18.2. The Kier molecular flexibility index (Phi) is 6.57. The van der Waals surface area contributed by atoms with Crippen LogP contribution in [0.1, 0.15) is 37.4 Å². The molecule has 0 saturated heterocycles. The van der Waals surface area contributed by atoms with E-state index in [0.29, 0.717) is 30.9 Å². The Morgan fingerprint density at radius 1 is 1.08 bits per heavy atom. The van der Waals surface area contributed by atoms with Gasteiger partial charge < -0.3 is 14.7 Å². The van der Waals surface area contributed by atoms with Crippen molar-refractivity contribution in [2.45, 2.75) is 32.9 Å². The molecule has 0 saturated carbocycles. The van der Waals surface area contributed by atoms with Crippen LogP contribution in [0.5, 0.6) is 5.75 Å². The van der Waals surface area contributed by atoms with E-state index in [9.17, 15) is 14.7 Å². The molecule has 1 amide bonds. The van der Waals surface area contributed by atoms with Gasteiger partial charge in [-0.3, -0.25) is 4.79 Å². The van der Waals surface area contributed by atoms with Gasteiger partial charge in [-0.15, -0.1) is 0 Å². The Hall–Kier alpha value is -2.82. The Balaban J connectivity index is 2.12. The fourth-order valence-corrected chi connectivity index (χ4v) is 2.65. The normalized spacial score (nSPS) is 11.6. The van der Waals surface area contributed by atoms with E-state index in [2.05, 4.69) is 0 Å². The lowest BCUT2D eigenvalue weighted by Gasteiger charge is -2.28. The van der Waals surface area contributed by atoms with Gasteiger partial charge in [-0.1, -0.05) is 49.4 Å². The lowest BCUT2D eigenvalue weighted by Crippen LogP contribution is -2.38. The molecule has 0 aliphatic heterocycles. The highest BCUT2D eigenvalue weighted by Crippen LogP contribution is 2.24. The number of carboxylic acid groups (broad SMARTS) is 1. The van der Waals surface area contributed by atoms with Gasteiger partial charge in [-0.25, -0.2) is 4.79 Å². The lowest BCUT2D eigenvalue weighted by atomic mass is 10.0. The molecule has 25 heavy (non-hydrogen) atoms. The number of hydrogen-bond donors (Lipinski definition) is 1. The first-order valence-corrected chi connectivity index (χ1v) is 8.29. The maximum atomic E-state index is 11.8. The average molecular weight is 341 g/mol. The molecule has 2 aromatic rings. The van der Waals surface area contributed by atoms with Crippen LogP contribution in [0, 0.1) is 0 Å². The fraction of sp³-hybridized carbons (Fsp3) is 0.300. The molecule has 0 aromatic heterocycles. The first-order valence-electron chi connectivity index (χ1n) is 8.29. The standard InChI is InChI=1S/C20H23NO4/c1-3-13-21(15(2)22)19(20(23)24)17-9-11-18(12-10-17)25-14-16-7-5-4-6-8-16/h4-12,19H,3,13-14H2,1-2H3,(H,23,24). The summed E-state index contributed by atoms with van der Waals surface area (Å²) in [5, 5.41) is 9.57. The first-order chi connectivity index (χ1) is 12.0. The van der Waals surface area contributed by atoms with Crippen LogP contribution in [0.25, 0.3) is 0 Å². The minimum absolute atomic E-state index is 0.251. The van der Waals surface area contributed by atoms with Crippen LogP contribution in [-0.2, 0) is 16.2 Å². The summed E-state index contributed by atoms with van der Waals surface area (Å²) in [6.07, 6.45) is 0.696. The Labute approximate surface area is 147 Å². The van der Waals surface area contributed by atoms with Crippen LogP contribution >= 0.6 is 0 Å². The number of rotatable bonds is 8. The number of carboxylic acids is 1. The lowest BCUT2D eigenvalue weighted by molar-refractivity contribution is -0.149. The number of carbonyl (C=O) groups excluding carboxylic acids is 1. The van der Waals surface area contributed by atoms with Crippen LogP contribution in [0.2, 0.25) is 0 Å². The molecule has 0 fully saturated rings. The van der Waals surface area contributed by atoms with Gasteiger partial charge in [-0.2, -0.15) is 0 Å². The van der Waals surface area contributed by atoms with Gasteiger partial charge in [0.15, 0.2) is 6.04 Å². The summed E-state index contributed by atoms with van der Waals surface area (Å²) < 4.78 is 5.71. The summed E-state index contributed by atoms with van der Waals surface area (Å²) in [6.45, 7) is 4.15. The number of amides is 1. The molecule has 0 radical (unpaired) electrons. The summed E-state index contributed by atoms with van der Waals surface area (Å²) >= 11 is 0. The molecule has 2 rings (SSSR count). The van der Waals surface area contributed by atoms with Gasteiger partial charge in [0, 0.05) is 13.5 Å². The molecule has 132 valence electrons. The van der Waals surface area contributed by atoms with Crippen molar-refractivity contribution in [3.63, 3.8) is 0 Å². The maximum Gasteiger partial charge on any atom is 0.331 e. The van der Waals surface area contributed by atoms with Crippen LogP contribution in [0.15, 0.2) is 54.6 Å². The molecule has 1 unspecified atom stereocenters. The van der Waals surface area contributed by atoms with E-state index in [4.69, 9.17) is 4.74 Å². The second kappa shape index (κ2) is 8.87. The molecule has 2 aromatic carbocycles. The molecular weight excluding hydrogens is 318 g/mol. The summed E-state index contributed by atoms with van der Waals surface area (Å²) in [5.74, 6) is -0.637. The third kappa shape index (κ3) is 5.08. The smallest absolute Gasteiger partial charge is 0.331 e. The summed E-state index contributed by atoms with van der Waals surface area (Å²) in [5.41, 5.74) is 1.61. The minimum atomic E-state index is -1.04. The van der Waals surface area contributed by atoms with Crippen molar-refractivity contribution in [2.24, 2.45) is 0 Å². The third-order valence-corrected chi connectivity index (χ3v) is 3.86. The van der Waals surface area contributed by atoms with Gasteiger partial charge in [0.2, 0.25) is 5.91 Å². The predicted octanol–water partition coefficient (Wildman–Crippen LogP) is 3.65. The van der Waals surface area contributed by atoms with Crippen LogP contribution < -0.4 is 4.74 Å². The van der Waals surface area contributed by atoms with Crippen molar-refractivity contribution in [3.05, 3.63) is 65.7 Å². The Morgan fingerprint density at radius 2 is 1.72 bits per heavy atom. The molecule has 0 bridgehead atoms. The van der Waals surface area contributed by atoms with E-state index in [1.54, 1.807) is 24.3 Å². The van der Waals surface area contributed by atoms with Crippen molar-refractivity contribution in [2.75, 3.05) is 6.54 Å². The Bertz CT molecular complexity index is 697. The highest BCUT2D eigenvalue weighted by Gasteiger charge is 2.28. The molecule has 0 spiro atoms. The van der Waals surface area contributed by atoms with Crippen LogP contribution in [0.4, 0.5) is 0 Å². The number of ether oxygens (including phenoxy) is 1. The number of nitrogens with zero attached hydrogens (tertiary/aromatic N) is 1. The molecule has 0 heterocycles. The quantitative estimate of drug-likeness (QED) is 0.796. The van der Waals surface area contributed by atoms with E-state index < -0.39 is 12.0 Å². The Morgan fingerprint density at radius 3 is 2.24 bits per heavy atom. The topological polar surface area (TPSA) is 66.8 Å². The van der Waals surface area contributed by atoms with E-state index in [0.717, 1.165) is 5.56 Å². The molecule has 0 aliphatic rings. The number of aliphatic carboxylic acids is 1. The number of hydrogen-bond acceptors (Lipinski definition) is 3. The largest absolute Gasteiger partial charge is 0.489 e. The summed E-state index contributed by atoms with van der Waals surface area (Å²) in [6, 6.07) is 15.7. The van der Waals surface area contributed by atoms with Crippen molar-refractivity contribution in [1.82, 2.24) is 4.90 Å². The molecule has 5 heteroatoms. The van der Waals surface area contributed by atoms with E-state index in [1.807, 2.05) is 37.3 Å². The molecular formula is C20H23NO4. The van der Waals surface area contributed by atoms with Gasteiger partial charge >= 0.3 is 5.97 Å². The first kappa shape index (κ1) is 18.5. The van der Waals surface area contributed by atoms with Crippen molar-refractivity contribution < 1.29 is 19.4 Å². The minimum Gasteiger partial charge on any atom is -0.489 e. The monoisotopic (exact) mass is 341 g/mol. The highest BCUT2D eigenvalue weighted by atomic mass is 16.5. The highest BCUT2D eigenvalue weighted by molar-refractivity contribution is 5.83. The molecule has 1 atom stereocenters. The number of carbonyl (C=O) groups is 2. The zero-order valence-electron chi connectivity index (χ0n) is 14.5. The average Bonchev–Trinajstić information content (AvgIpc) is 2.61. The zero-order valence-corrected chi connectivity index (χ0v) is 14.5. The third-order valence-electron chi connectivity index (χ3n) is 3.86. The van der Waals surface area contributed by atoms with Crippen molar-refractivity contribution in [3.8, 4) is 5.75 Å². The summed E-state index contributed by atoms with van der Waals surface area (Å²) in [7, 11) is 0. The van der Waals surface area contributed by atoms with Gasteiger partial charge in [0.1, 0.15) is 12.4 Å². The SMILES string of the molecule is CCCN(C(C)=O)C(C(=O)O)c1ccc(OCc2ccccc2)cc1. The van der Waals surface area contributed by atoms with Crippen LogP contribution in [0.3, 0.4) is 0 Å². The van der Waals surface area contributed by atoms with Gasteiger partial charge in [-0.05, 0) is 29.7 Å². The maximum absolute atomic E-state index is 11.8. The predicted molar refractivity (Wildman–Crippen MR) is 95.3 cm³/mol. The fourth-order valence-electron chi connectivity index (χ4n) is 2.65. The van der Waals surface area contributed by atoms with E-state index in [1.165, 1.54) is 11.8 Å².